The van der Waals surface area contributed by atoms with Crippen LogP contribution in [0.25, 0.3) is 0 Å². The average molecular weight is 456 g/mol. The molecule has 2 aromatic carbocycles. The number of carbonyl (C=O) groups is 1. The number of anilines is 1. The van der Waals surface area contributed by atoms with Gasteiger partial charge < -0.3 is 29.2 Å². The smallest absolute Gasteiger partial charge is 0.275 e. The summed E-state index contributed by atoms with van der Waals surface area (Å²) in [5.41, 5.74) is 0.912. The van der Waals surface area contributed by atoms with Crippen LogP contribution in [0.5, 0.6) is 23.0 Å². The Morgan fingerprint density at radius 2 is 2.03 bits per heavy atom. The molecule has 1 aliphatic heterocycles. The topological polar surface area (TPSA) is 82.2 Å². The van der Waals surface area contributed by atoms with Gasteiger partial charge in [-0.15, -0.1) is 11.3 Å². The lowest BCUT2D eigenvalue weighted by Crippen LogP contribution is -2.21. The van der Waals surface area contributed by atoms with E-state index in [-0.39, 0.29) is 12.0 Å². The maximum absolute atomic E-state index is 12.8. The second kappa shape index (κ2) is 9.88. The third-order valence-corrected chi connectivity index (χ3v) is 5.69. The Morgan fingerprint density at radius 3 is 2.81 bits per heavy atom. The molecule has 1 unspecified atom stereocenters. The largest absolute Gasteiger partial charge is 0.493 e. The first kappa shape index (κ1) is 21.9. The van der Waals surface area contributed by atoms with Crippen LogP contribution in [-0.4, -0.2) is 56.8 Å². The number of hydrogen-bond donors (Lipinski definition) is 1. The number of amides is 1. The zero-order valence-corrected chi connectivity index (χ0v) is 19.0. The van der Waals surface area contributed by atoms with E-state index in [2.05, 4.69) is 10.3 Å². The van der Waals surface area contributed by atoms with Crippen molar-refractivity contribution in [3.8, 4) is 23.0 Å². The lowest BCUT2D eigenvalue weighted by atomic mass is 10.2. The van der Waals surface area contributed by atoms with E-state index in [1.807, 2.05) is 43.3 Å². The predicted molar refractivity (Wildman–Crippen MR) is 122 cm³/mol. The Bertz CT molecular complexity index is 1080. The number of ether oxygens (including phenoxy) is 4. The summed E-state index contributed by atoms with van der Waals surface area (Å²) < 4.78 is 22.9. The zero-order chi connectivity index (χ0) is 22.5. The SMILES string of the molecule is COc1ccc(NC(=O)c2csc(C3COc4ccccc4O3)n2)cc1OCCN(C)C. The van der Waals surface area contributed by atoms with Crippen LogP contribution in [-0.2, 0) is 0 Å². The highest BCUT2D eigenvalue weighted by atomic mass is 32.1. The number of carbonyl (C=O) groups excluding carboxylic acids is 1. The molecule has 0 spiro atoms. The molecule has 1 N–H and O–H groups in total. The maximum Gasteiger partial charge on any atom is 0.275 e. The first-order valence-electron chi connectivity index (χ1n) is 10.1. The number of fused-ring (bicyclic) bond motifs is 1. The predicted octanol–water partition coefficient (Wildman–Crippen LogP) is 3.86. The summed E-state index contributed by atoms with van der Waals surface area (Å²) >= 11 is 1.37. The van der Waals surface area contributed by atoms with Gasteiger partial charge in [0, 0.05) is 23.7 Å². The summed E-state index contributed by atoms with van der Waals surface area (Å²) in [4.78, 5) is 19.3. The molecule has 0 bridgehead atoms. The number of nitrogens with zero attached hydrogens (tertiary/aromatic N) is 2. The van der Waals surface area contributed by atoms with Crippen molar-refractivity contribution in [2.75, 3.05) is 46.3 Å². The Morgan fingerprint density at radius 1 is 1.22 bits per heavy atom. The van der Waals surface area contributed by atoms with Crippen LogP contribution in [0.15, 0.2) is 47.8 Å². The summed E-state index contributed by atoms with van der Waals surface area (Å²) in [6, 6.07) is 12.8. The van der Waals surface area contributed by atoms with E-state index in [9.17, 15) is 4.79 Å². The lowest BCUT2D eigenvalue weighted by molar-refractivity contribution is 0.0906. The van der Waals surface area contributed by atoms with Gasteiger partial charge in [0.2, 0.25) is 0 Å². The highest BCUT2D eigenvalue weighted by Crippen LogP contribution is 2.36. The number of rotatable bonds is 8. The minimum absolute atomic E-state index is 0.311. The molecule has 0 fully saturated rings. The van der Waals surface area contributed by atoms with Crippen LogP contribution >= 0.6 is 11.3 Å². The molecule has 0 aliphatic carbocycles. The van der Waals surface area contributed by atoms with E-state index in [0.29, 0.717) is 52.6 Å². The number of likely N-dealkylation sites (N-methyl/N-ethyl adjacent to an activating group) is 1. The molecule has 1 aliphatic rings. The molecule has 0 radical (unpaired) electrons. The highest BCUT2D eigenvalue weighted by Gasteiger charge is 2.26. The molecule has 32 heavy (non-hydrogen) atoms. The molecule has 4 rings (SSSR count). The number of para-hydroxylation sites is 2. The summed E-state index contributed by atoms with van der Waals surface area (Å²) in [6.07, 6.45) is -0.353. The summed E-state index contributed by atoms with van der Waals surface area (Å²) in [7, 11) is 5.53. The van der Waals surface area contributed by atoms with Crippen molar-refractivity contribution in [2.45, 2.75) is 6.10 Å². The number of nitrogens with one attached hydrogen (secondary N) is 1. The first-order valence-corrected chi connectivity index (χ1v) is 11.0. The third kappa shape index (κ3) is 5.12. The molecule has 3 aromatic rings. The first-order chi connectivity index (χ1) is 15.5. The van der Waals surface area contributed by atoms with Gasteiger partial charge in [-0.3, -0.25) is 4.79 Å². The number of thiazole rings is 1. The molecule has 1 atom stereocenters. The fourth-order valence-electron chi connectivity index (χ4n) is 3.08. The van der Waals surface area contributed by atoms with Crippen LogP contribution in [0.4, 0.5) is 5.69 Å². The molecular formula is C23H25N3O5S. The van der Waals surface area contributed by atoms with E-state index in [1.165, 1.54) is 11.3 Å². The van der Waals surface area contributed by atoms with E-state index >= 15 is 0 Å². The van der Waals surface area contributed by atoms with Crippen molar-refractivity contribution in [3.63, 3.8) is 0 Å². The van der Waals surface area contributed by atoms with Crippen LogP contribution in [0.3, 0.4) is 0 Å². The molecule has 8 nitrogen and oxygen atoms in total. The fraction of sp³-hybridized carbons (Fsp3) is 0.304. The standard InChI is InChI=1S/C23H25N3O5S/c1-26(2)10-11-29-20-12-15(8-9-17(20)28-3)24-22(27)16-14-32-23(25-16)21-13-30-18-6-4-5-7-19(18)31-21/h4-9,12,14,21H,10-11,13H2,1-3H3,(H,24,27). The van der Waals surface area contributed by atoms with Gasteiger partial charge in [0.05, 0.1) is 7.11 Å². The van der Waals surface area contributed by atoms with Crippen molar-refractivity contribution in [1.82, 2.24) is 9.88 Å². The Kier molecular flexibility index (Phi) is 6.77. The highest BCUT2D eigenvalue weighted by molar-refractivity contribution is 7.09. The van der Waals surface area contributed by atoms with Crippen molar-refractivity contribution in [1.29, 1.82) is 0 Å². The Balaban J connectivity index is 1.42. The molecule has 1 amide bonds. The molecule has 9 heteroatoms. The van der Waals surface area contributed by atoms with Gasteiger partial charge >= 0.3 is 0 Å². The molecular weight excluding hydrogens is 430 g/mol. The minimum Gasteiger partial charge on any atom is -0.493 e. The maximum atomic E-state index is 12.8. The number of methoxy groups -OCH3 is 1. The van der Waals surface area contributed by atoms with E-state index in [1.54, 1.807) is 30.7 Å². The number of aromatic nitrogens is 1. The zero-order valence-electron chi connectivity index (χ0n) is 18.2. The van der Waals surface area contributed by atoms with Crippen molar-refractivity contribution < 1.29 is 23.7 Å². The quantitative estimate of drug-likeness (QED) is 0.552. The van der Waals surface area contributed by atoms with Gasteiger partial charge in [-0.2, -0.15) is 0 Å². The van der Waals surface area contributed by atoms with E-state index < -0.39 is 0 Å². The van der Waals surface area contributed by atoms with Gasteiger partial charge in [0.15, 0.2) is 29.1 Å². The van der Waals surface area contributed by atoms with Crippen molar-refractivity contribution in [2.24, 2.45) is 0 Å². The summed E-state index contributed by atoms with van der Waals surface area (Å²) in [5.74, 6) is 2.24. The average Bonchev–Trinajstić information content (AvgIpc) is 3.29. The van der Waals surface area contributed by atoms with E-state index in [4.69, 9.17) is 18.9 Å². The fourth-order valence-corrected chi connectivity index (χ4v) is 3.89. The van der Waals surface area contributed by atoms with Gasteiger partial charge in [-0.25, -0.2) is 4.98 Å². The van der Waals surface area contributed by atoms with Gasteiger partial charge in [0.25, 0.3) is 5.91 Å². The van der Waals surface area contributed by atoms with Crippen LogP contribution < -0.4 is 24.3 Å². The van der Waals surface area contributed by atoms with Crippen molar-refractivity contribution >= 4 is 22.9 Å². The Labute approximate surface area is 190 Å². The second-order valence-corrected chi connectivity index (χ2v) is 8.30. The van der Waals surface area contributed by atoms with Crippen molar-refractivity contribution in [3.05, 3.63) is 58.5 Å². The normalized spacial score (nSPS) is 14.8. The summed E-state index contributed by atoms with van der Waals surface area (Å²) in [5, 5.41) is 5.27. The lowest BCUT2D eigenvalue weighted by Gasteiger charge is -2.24. The number of hydrogen-bond acceptors (Lipinski definition) is 8. The van der Waals surface area contributed by atoms with Gasteiger partial charge in [-0.05, 0) is 38.4 Å². The minimum atomic E-state index is -0.353. The van der Waals surface area contributed by atoms with E-state index in [0.717, 1.165) is 6.54 Å². The molecule has 0 saturated carbocycles. The van der Waals surface area contributed by atoms with Gasteiger partial charge in [0.1, 0.15) is 23.9 Å². The molecule has 1 aromatic heterocycles. The summed E-state index contributed by atoms with van der Waals surface area (Å²) in [6.45, 7) is 1.61. The van der Waals surface area contributed by atoms with Crippen LogP contribution in [0.2, 0.25) is 0 Å². The molecule has 0 saturated heterocycles. The molecule has 168 valence electrons. The number of benzene rings is 2. The van der Waals surface area contributed by atoms with Gasteiger partial charge in [-0.1, -0.05) is 12.1 Å². The Hall–Kier alpha value is -3.30. The monoisotopic (exact) mass is 455 g/mol. The molecule has 2 heterocycles. The third-order valence-electron chi connectivity index (χ3n) is 4.76. The van der Waals surface area contributed by atoms with Crippen LogP contribution in [0.1, 0.15) is 21.6 Å². The van der Waals surface area contributed by atoms with Crippen LogP contribution in [0, 0.1) is 0 Å². The second-order valence-electron chi connectivity index (χ2n) is 7.41.